The fourth-order valence-electron chi connectivity index (χ4n) is 2.27. The van der Waals surface area contributed by atoms with E-state index in [1.54, 1.807) is 0 Å². The van der Waals surface area contributed by atoms with Gasteiger partial charge >= 0.3 is 0 Å². The monoisotopic (exact) mass is 267 g/mol. The van der Waals surface area contributed by atoms with E-state index in [0.29, 0.717) is 0 Å². The van der Waals surface area contributed by atoms with Crippen LogP contribution in [0.5, 0.6) is 11.5 Å². The van der Waals surface area contributed by atoms with Gasteiger partial charge in [-0.25, -0.2) is 4.39 Å². The van der Waals surface area contributed by atoms with Gasteiger partial charge in [0.15, 0.2) is 11.6 Å². The third-order valence-electron chi connectivity index (χ3n) is 3.32. The maximum absolute atomic E-state index is 13.8. The van der Waals surface area contributed by atoms with Gasteiger partial charge < -0.3 is 14.8 Å². The van der Waals surface area contributed by atoms with Gasteiger partial charge in [0.25, 0.3) is 6.47 Å². The zero-order chi connectivity index (χ0) is 13.7. The van der Waals surface area contributed by atoms with E-state index in [1.807, 2.05) is 6.92 Å². The molecule has 0 spiro atoms. The van der Waals surface area contributed by atoms with Gasteiger partial charge in [0.1, 0.15) is 11.9 Å². The van der Waals surface area contributed by atoms with Crippen molar-refractivity contribution >= 4 is 6.47 Å². The molecule has 2 atom stereocenters. The minimum Gasteiger partial charge on any atom is -0.486 e. The molecule has 1 heterocycles. The molecule has 5 heteroatoms. The second-order valence-corrected chi connectivity index (χ2v) is 4.69. The highest BCUT2D eigenvalue weighted by molar-refractivity contribution is 5.46. The molecular formula is C14H18FNO3. The van der Waals surface area contributed by atoms with Crippen molar-refractivity contribution in [2.45, 2.75) is 38.3 Å². The predicted octanol–water partition coefficient (Wildman–Crippen LogP) is 2.27. The SMILES string of the molecule is CC(Oc1ccc(OC=O)cc1F)C1CCCCN1. The number of hydrogen-bond donors (Lipinski definition) is 1. The molecule has 19 heavy (non-hydrogen) atoms. The Morgan fingerprint density at radius 3 is 2.95 bits per heavy atom. The van der Waals surface area contributed by atoms with E-state index in [0.717, 1.165) is 19.0 Å². The zero-order valence-electron chi connectivity index (χ0n) is 10.9. The van der Waals surface area contributed by atoms with Crippen molar-refractivity contribution in [2.75, 3.05) is 6.54 Å². The van der Waals surface area contributed by atoms with Gasteiger partial charge in [-0.2, -0.15) is 0 Å². The number of nitrogens with one attached hydrogen (secondary N) is 1. The Balaban J connectivity index is 1.99. The highest BCUT2D eigenvalue weighted by Crippen LogP contribution is 2.24. The molecule has 1 aromatic carbocycles. The third-order valence-corrected chi connectivity index (χ3v) is 3.32. The van der Waals surface area contributed by atoms with Crippen LogP contribution in [0.15, 0.2) is 18.2 Å². The summed E-state index contributed by atoms with van der Waals surface area (Å²) < 4.78 is 24.0. The molecule has 1 N–H and O–H groups in total. The summed E-state index contributed by atoms with van der Waals surface area (Å²) in [5.74, 6) is -0.177. The standard InChI is InChI=1S/C14H18FNO3/c1-10(13-4-2-3-7-16-13)19-14-6-5-11(18-9-17)8-12(14)15/h5-6,8-10,13,16H,2-4,7H2,1H3. The lowest BCUT2D eigenvalue weighted by molar-refractivity contribution is -0.120. The molecule has 0 bridgehead atoms. The van der Waals surface area contributed by atoms with Crippen molar-refractivity contribution in [3.05, 3.63) is 24.0 Å². The van der Waals surface area contributed by atoms with E-state index >= 15 is 0 Å². The van der Waals surface area contributed by atoms with Crippen molar-refractivity contribution in [1.29, 1.82) is 0 Å². The van der Waals surface area contributed by atoms with Crippen LogP contribution in [-0.4, -0.2) is 25.2 Å². The topological polar surface area (TPSA) is 47.6 Å². The molecule has 0 radical (unpaired) electrons. The predicted molar refractivity (Wildman–Crippen MR) is 68.8 cm³/mol. The average Bonchev–Trinajstić information content (AvgIpc) is 2.43. The molecule has 1 aromatic rings. The number of ether oxygens (including phenoxy) is 2. The summed E-state index contributed by atoms with van der Waals surface area (Å²) in [6.45, 7) is 3.18. The summed E-state index contributed by atoms with van der Waals surface area (Å²) in [5, 5.41) is 3.37. The summed E-state index contributed by atoms with van der Waals surface area (Å²) in [5.41, 5.74) is 0. The maximum Gasteiger partial charge on any atom is 0.298 e. The second kappa shape index (κ2) is 6.52. The summed E-state index contributed by atoms with van der Waals surface area (Å²) >= 11 is 0. The molecule has 0 aromatic heterocycles. The largest absolute Gasteiger partial charge is 0.486 e. The Morgan fingerprint density at radius 2 is 2.32 bits per heavy atom. The number of halogens is 1. The second-order valence-electron chi connectivity index (χ2n) is 4.69. The Bertz CT molecular complexity index is 433. The minimum absolute atomic E-state index is 0.104. The first kappa shape index (κ1) is 13.8. The van der Waals surface area contributed by atoms with E-state index in [1.165, 1.54) is 25.0 Å². The van der Waals surface area contributed by atoms with Crippen LogP contribution in [0.4, 0.5) is 4.39 Å². The molecule has 0 aliphatic carbocycles. The number of rotatable bonds is 5. The first-order valence-corrected chi connectivity index (χ1v) is 6.50. The molecule has 0 saturated carbocycles. The van der Waals surface area contributed by atoms with Crippen LogP contribution < -0.4 is 14.8 Å². The fourth-order valence-corrected chi connectivity index (χ4v) is 2.27. The van der Waals surface area contributed by atoms with Gasteiger partial charge in [0.2, 0.25) is 0 Å². The third kappa shape index (κ3) is 3.67. The Hall–Kier alpha value is -1.62. The normalized spacial score (nSPS) is 20.6. The van der Waals surface area contributed by atoms with E-state index < -0.39 is 5.82 Å². The average molecular weight is 267 g/mol. The van der Waals surface area contributed by atoms with E-state index in [4.69, 9.17) is 4.74 Å². The quantitative estimate of drug-likeness (QED) is 0.831. The van der Waals surface area contributed by atoms with Crippen LogP contribution in [0.2, 0.25) is 0 Å². The van der Waals surface area contributed by atoms with Crippen molar-refractivity contribution in [2.24, 2.45) is 0 Å². The summed E-state index contributed by atoms with van der Waals surface area (Å²) in [7, 11) is 0. The highest BCUT2D eigenvalue weighted by Gasteiger charge is 2.21. The van der Waals surface area contributed by atoms with E-state index in [-0.39, 0.29) is 30.1 Å². The van der Waals surface area contributed by atoms with Crippen molar-refractivity contribution in [3.8, 4) is 11.5 Å². The smallest absolute Gasteiger partial charge is 0.298 e. The molecule has 0 amide bonds. The van der Waals surface area contributed by atoms with Crippen molar-refractivity contribution in [1.82, 2.24) is 5.32 Å². The number of benzene rings is 1. The molecular weight excluding hydrogens is 249 g/mol. The Labute approximate surface area is 111 Å². The van der Waals surface area contributed by atoms with Crippen molar-refractivity contribution < 1.29 is 18.7 Å². The maximum atomic E-state index is 13.8. The minimum atomic E-state index is -0.526. The van der Waals surface area contributed by atoms with Gasteiger partial charge in [-0.3, -0.25) is 4.79 Å². The summed E-state index contributed by atoms with van der Waals surface area (Å²) in [6.07, 6.45) is 3.28. The molecule has 1 fully saturated rings. The van der Waals surface area contributed by atoms with Gasteiger partial charge in [-0.15, -0.1) is 0 Å². The number of hydrogen-bond acceptors (Lipinski definition) is 4. The Morgan fingerprint density at radius 1 is 1.47 bits per heavy atom. The van der Waals surface area contributed by atoms with Gasteiger partial charge in [-0.05, 0) is 38.4 Å². The highest BCUT2D eigenvalue weighted by atomic mass is 19.1. The Kier molecular flexibility index (Phi) is 4.74. The van der Waals surface area contributed by atoms with E-state index in [9.17, 15) is 9.18 Å². The van der Waals surface area contributed by atoms with Crippen LogP contribution >= 0.6 is 0 Å². The molecule has 2 unspecified atom stereocenters. The molecule has 1 saturated heterocycles. The summed E-state index contributed by atoms with van der Waals surface area (Å²) in [4.78, 5) is 10.2. The molecule has 4 nitrogen and oxygen atoms in total. The van der Waals surface area contributed by atoms with Crippen molar-refractivity contribution in [3.63, 3.8) is 0 Å². The zero-order valence-corrected chi connectivity index (χ0v) is 10.9. The fraction of sp³-hybridized carbons (Fsp3) is 0.500. The molecule has 2 rings (SSSR count). The number of carbonyl (C=O) groups excluding carboxylic acids is 1. The first-order chi connectivity index (χ1) is 9.20. The van der Waals surface area contributed by atoms with Crippen LogP contribution in [-0.2, 0) is 4.79 Å². The molecule has 1 aliphatic rings. The van der Waals surface area contributed by atoms with Crippen LogP contribution in [0.25, 0.3) is 0 Å². The number of carbonyl (C=O) groups is 1. The van der Waals surface area contributed by atoms with Gasteiger partial charge in [-0.1, -0.05) is 6.42 Å². The van der Waals surface area contributed by atoms with Crippen LogP contribution in [0.3, 0.4) is 0 Å². The van der Waals surface area contributed by atoms with Gasteiger partial charge in [0.05, 0.1) is 0 Å². The molecule has 1 aliphatic heterocycles. The van der Waals surface area contributed by atoms with Crippen LogP contribution in [0.1, 0.15) is 26.2 Å². The van der Waals surface area contributed by atoms with E-state index in [2.05, 4.69) is 10.1 Å². The lowest BCUT2D eigenvalue weighted by Gasteiger charge is -2.29. The molecule has 104 valence electrons. The van der Waals surface area contributed by atoms with Gasteiger partial charge in [0, 0.05) is 12.1 Å². The summed E-state index contributed by atoms with van der Waals surface area (Å²) in [6, 6.07) is 4.38. The lowest BCUT2D eigenvalue weighted by Crippen LogP contribution is -2.44. The number of piperidine rings is 1. The first-order valence-electron chi connectivity index (χ1n) is 6.50. The van der Waals surface area contributed by atoms with Crippen LogP contribution in [0, 0.1) is 5.82 Å². The lowest BCUT2D eigenvalue weighted by atomic mass is 10.0.